The summed E-state index contributed by atoms with van der Waals surface area (Å²) in [4.78, 5) is 0. The molecule has 1 aliphatic carbocycles. The number of aromatic hydroxyl groups is 1. The third kappa shape index (κ3) is 1.56. The van der Waals surface area contributed by atoms with Gasteiger partial charge >= 0.3 is 0 Å². The summed E-state index contributed by atoms with van der Waals surface area (Å²) in [5.74, 6) is -0.320. The van der Waals surface area contributed by atoms with Crippen LogP contribution in [0.25, 0.3) is 0 Å². The van der Waals surface area contributed by atoms with Crippen molar-refractivity contribution in [2.45, 2.75) is 25.2 Å². The Labute approximate surface area is 96.4 Å². The zero-order valence-electron chi connectivity index (χ0n) is 8.48. The number of nitrogens with two attached hydrogens (primary N) is 1. The highest BCUT2D eigenvalue weighted by Gasteiger charge is 2.47. The Morgan fingerprint density at radius 1 is 1.60 bits per heavy atom. The van der Waals surface area contributed by atoms with Gasteiger partial charge in [0.1, 0.15) is 11.6 Å². The largest absolute Gasteiger partial charge is 0.506 e. The lowest BCUT2D eigenvalue weighted by molar-refractivity contribution is 0.441. The minimum Gasteiger partial charge on any atom is -0.506 e. The lowest BCUT2D eigenvalue weighted by atomic mass is 9.93. The van der Waals surface area contributed by atoms with Crippen molar-refractivity contribution in [3.05, 3.63) is 27.5 Å². The molecule has 2 nitrogen and oxygen atoms in total. The van der Waals surface area contributed by atoms with Crippen LogP contribution in [0.2, 0.25) is 0 Å². The summed E-state index contributed by atoms with van der Waals surface area (Å²) < 4.78 is 14.5. The standard InChI is InChI=1S/C11H13BrFNO/c1-6-4-7(12)10(15)8(9(6)13)11(5-14)2-3-11/h4,15H,2-3,5,14H2,1H3. The fraction of sp³-hybridized carbons (Fsp3) is 0.455. The molecule has 1 saturated carbocycles. The summed E-state index contributed by atoms with van der Waals surface area (Å²) in [5.41, 5.74) is 6.24. The van der Waals surface area contributed by atoms with E-state index in [1.54, 1.807) is 13.0 Å². The van der Waals surface area contributed by atoms with Crippen molar-refractivity contribution >= 4 is 15.9 Å². The minimum atomic E-state index is -0.331. The number of phenolic OH excluding ortho intramolecular Hbond substituents is 1. The summed E-state index contributed by atoms with van der Waals surface area (Å²) in [5, 5.41) is 9.87. The van der Waals surface area contributed by atoms with E-state index in [1.807, 2.05) is 0 Å². The van der Waals surface area contributed by atoms with Crippen LogP contribution in [0.5, 0.6) is 5.75 Å². The van der Waals surface area contributed by atoms with Crippen molar-refractivity contribution in [1.29, 1.82) is 0 Å². The van der Waals surface area contributed by atoms with E-state index in [2.05, 4.69) is 15.9 Å². The fourth-order valence-corrected chi connectivity index (χ4v) is 2.48. The summed E-state index contributed by atoms with van der Waals surface area (Å²) in [6.07, 6.45) is 1.70. The van der Waals surface area contributed by atoms with Crippen molar-refractivity contribution in [2.24, 2.45) is 5.73 Å². The Bertz CT molecular complexity index is 389. The zero-order chi connectivity index (χ0) is 11.2. The molecule has 0 aliphatic heterocycles. The Balaban J connectivity index is 2.64. The van der Waals surface area contributed by atoms with Crippen molar-refractivity contribution < 1.29 is 9.50 Å². The summed E-state index contributed by atoms with van der Waals surface area (Å²) in [7, 11) is 0. The summed E-state index contributed by atoms with van der Waals surface area (Å²) in [6, 6.07) is 1.58. The second-order valence-electron chi connectivity index (χ2n) is 4.20. The first kappa shape index (κ1) is 10.9. The summed E-state index contributed by atoms with van der Waals surface area (Å²) in [6.45, 7) is 2.07. The first-order valence-corrected chi connectivity index (χ1v) is 5.69. The van der Waals surface area contributed by atoms with Gasteiger partial charge < -0.3 is 10.8 Å². The van der Waals surface area contributed by atoms with Crippen LogP contribution in [0.4, 0.5) is 4.39 Å². The van der Waals surface area contributed by atoms with Crippen molar-refractivity contribution in [1.82, 2.24) is 0 Å². The molecule has 15 heavy (non-hydrogen) atoms. The predicted octanol–water partition coefficient (Wildman–Crippen LogP) is 2.59. The number of benzene rings is 1. The van der Waals surface area contributed by atoms with Crippen molar-refractivity contribution in [2.75, 3.05) is 6.54 Å². The molecule has 1 aromatic carbocycles. The molecule has 1 aliphatic rings. The monoisotopic (exact) mass is 273 g/mol. The third-order valence-electron chi connectivity index (χ3n) is 3.15. The van der Waals surface area contributed by atoms with E-state index in [-0.39, 0.29) is 17.0 Å². The molecule has 4 heteroatoms. The topological polar surface area (TPSA) is 46.2 Å². The highest BCUT2D eigenvalue weighted by atomic mass is 79.9. The maximum atomic E-state index is 13.9. The first-order chi connectivity index (χ1) is 7.02. The molecule has 0 unspecified atom stereocenters. The highest BCUT2D eigenvalue weighted by molar-refractivity contribution is 9.10. The molecule has 0 bridgehead atoms. The van der Waals surface area contributed by atoms with Crippen LogP contribution >= 0.6 is 15.9 Å². The molecular weight excluding hydrogens is 261 g/mol. The lowest BCUT2D eigenvalue weighted by Gasteiger charge is -2.18. The molecule has 1 fully saturated rings. The van der Waals surface area contributed by atoms with Gasteiger partial charge in [0.2, 0.25) is 0 Å². The smallest absolute Gasteiger partial charge is 0.136 e. The summed E-state index contributed by atoms with van der Waals surface area (Å²) >= 11 is 3.22. The molecule has 3 N–H and O–H groups in total. The number of phenols is 1. The van der Waals surface area contributed by atoms with E-state index in [1.165, 1.54) is 0 Å². The van der Waals surface area contributed by atoms with E-state index in [0.29, 0.717) is 22.1 Å². The van der Waals surface area contributed by atoms with Crippen LogP contribution in [0.15, 0.2) is 10.5 Å². The molecule has 0 aromatic heterocycles. The van der Waals surface area contributed by atoms with E-state index in [4.69, 9.17) is 5.73 Å². The lowest BCUT2D eigenvalue weighted by Crippen LogP contribution is -2.21. The second-order valence-corrected chi connectivity index (χ2v) is 5.05. The van der Waals surface area contributed by atoms with Gasteiger partial charge in [0, 0.05) is 17.5 Å². The van der Waals surface area contributed by atoms with Crippen LogP contribution in [-0.2, 0) is 5.41 Å². The van der Waals surface area contributed by atoms with E-state index in [0.717, 1.165) is 12.8 Å². The molecular formula is C11H13BrFNO. The average molecular weight is 274 g/mol. The molecule has 0 saturated heterocycles. The van der Waals surface area contributed by atoms with Crippen molar-refractivity contribution in [3.63, 3.8) is 0 Å². The van der Waals surface area contributed by atoms with E-state index in [9.17, 15) is 9.50 Å². The van der Waals surface area contributed by atoms with Crippen LogP contribution in [0.1, 0.15) is 24.0 Å². The average Bonchev–Trinajstić information content (AvgIpc) is 2.96. The van der Waals surface area contributed by atoms with Gasteiger partial charge in [-0.3, -0.25) is 0 Å². The predicted molar refractivity (Wildman–Crippen MR) is 60.5 cm³/mol. The van der Waals surface area contributed by atoms with Gasteiger partial charge in [-0.05, 0) is 47.3 Å². The Kier molecular flexibility index (Phi) is 2.51. The normalized spacial score (nSPS) is 17.9. The number of halogens is 2. The number of hydrogen-bond acceptors (Lipinski definition) is 2. The molecule has 0 radical (unpaired) electrons. The Morgan fingerprint density at radius 3 is 2.67 bits per heavy atom. The van der Waals surface area contributed by atoms with Crippen LogP contribution < -0.4 is 5.73 Å². The minimum absolute atomic E-state index is 0.000972. The first-order valence-electron chi connectivity index (χ1n) is 4.90. The van der Waals surface area contributed by atoms with Gasteiger partial charge in [0.15, 0.2) is 0 Å². The van der Waals surface area contributed by atoms with E-state index < -0.39 is 0 Å². The van der Waals surface area contributed by atoms with Crippen LogP contribution in [-0.4, -0.2) is 11.7 Å². The number of aryl methyl sites for hydroxylation is 1. The molecule has 2 rings (SSSR count). The molecule has 1 aromatic rings. The maximum Gasteiger partial charge on any atom is 0.136 e. The van der Waals surface area contributed by atoms with Gasteiger partial charge in [0.25, 0.3) is 0 Å². The third-order valence-corrected chi connectivity index (χ3v) is 3.75. The van der Waals surface area contributed by atoms with Crippen molar-refractivity contribution in [3.8, 4) is 5.75 Å². The number of hydrogen-bond donors (Lipinski definition) is 2. The SMILES string of the molecule is Cc1cc(Br)c(O)c(C2(CN)CC2)c1F. The quantitative estimate of drug-likeness (QED) is 0.870. The highest BCUT2D eigenvalue weighted by Crippen LogP contribution is 2.53. The molecule has 82 valence electrons. The Hall–Kier alpha value is -0.610. The molecule has 0 atom stereocenters. The van der Waals surface area contributed by atoms with Gasteiger partial charge in [-0.2, -0.15) is 0 Å². The van der Waals surface area contributed by atoms with Gasteiger partial charge in [0.05, 0.1) is 4.47 Å². The number of rotatable bonds is 2. The van der Waals surface area contributed by atoms with Crippen LogP contribution in [0, 0.1) is 12.7 Å². The molecule has 0 heterocycles. The van der Waals surface area contributed by atoms with Crippen LogP contribution in [0.3, 0.4) is 0 Å². The zero-order valence-corrected chi connectivity index (χ0v) is 10.1. The fourth-order valence-electron chi connectivity index (χ4n) is 1.93. The second kappa shape index (κ2) is 3.46. The molecule has 0 spiro atoms. The molecule has 0 amide bonds. The van der Waals surface area contributed by atoms with Gasteiger partial charge in [-0.1, -0.05) is 0 Å². The van der Waals surface area contributed by atoms with Gasteiger partial charge in [-0.25, -0.2) is 4.39 Å². The maximum absolute atomic E-state index is 13.9. The Morgan fingerprint density at radius 2 is 2.20 bits per heavy atom. The van der Waals surface area contributed by atoms with E-state index >= 15 is 0 Å². The van der Waals surface area contributed by atoms with Gasteiger partial charge in [-0.15, -0.1) is 0 Å².